The van der Waals surface area contributed by atoms with E-state index in [0.717, 1.165) is 5.39 Å². The van der Waals surface area contributed by atoms with Crippen LogP contribution in [0.2, 0.25) is 0 Å². The molecule has 0 aliphatic carbocycles. The molecule has 84 valence electrons. The summed E-state index contributed by atoms with van der Waals surface area (Å²) in [6.07, 6.45) is 1.54. The summed E-state index contributed by atoms with van der Waals surface area (Å²) in [5, 5.41) is 0.749. The number of carbonyl (C=O) groups is 1. The molecule has 2 aromatic rings. The molecular formula is C13H13FO2. The summed E-state index contributed by atoms with van der Waals surface area (Å²) >= 11 is 0. The molecule has 1 aromatic carbocycles. The van der Waals surface area contributed by atoms with E-state index in [2.05, 4.69) is 0 Å². The SMILES string of the molecule is CCC(=O)CCc1cc2cccc(F)c2o1. The van der Waals surface area contributed by atoms with Crippen molar-refractivity contribution in [3.05, 3.63) is 35.8 Å². The van der Waals surface area contributed by atoms with Gasteiger partial charge in [-0.2, -0.15) is 0 Å². The minimum Gasteiger partial charge on any atom is -0.458 e. The van der Waals surface area contributed by atoms with Gasteiger partial charge >= 0.3 is 0 Å². The minimum absolute atomic E-state index is 0.195. The Morgan fingerprint density at radius 1 is 1.44 bits per heavy atom. The summed E-state index contributed by atoms with van der Waals surface area (Å²) in [6, 6.07) is 6.61. The Kier molecular flexibility index (Phi) is 3.04. The monoisotopic (exact) mass is 220 g/mol. The highest BCUT2D eigenvalue weighted by Crippen LogP contribution is 2.22. The van der Waals surface area contributed by atoms with E-state index in [1.165, 1.54) is 6.07 Å². The average molecular weight is 220 g/mol. The first-order chi connectivity index (χ1) is 7.70. The molecule has 2 nitrogen and oxygen atoms in total. The zero-order valence-electron chi connectivity index (χ0n) is 9.13. The van der Waals surface area contributed by atoms with Crippen LogP contribution in [-0.4, -0.2) is 5.78 Å². The van der Waals surface area contributed by atoms with Crippen molar-refractivity contribution >= 4 is 16.8 Å². The summed E-state index contributed by atoms with van der Waals surface area (Å²) in [5.74, 6) is 0.508. The molecule has 2 rings (SSSR count). The van der Waals surface area contributed by atoms with E-state index in [0.29, 0.717) is 25.0 Å². The predicted octanol–water partition coefficient (Wildman–Crippen LogP) is 3.48. The molecule has 16 heavy (non-hydrogen) atoms. The lowest BCUT2D eigenvalue weighted by molar-refractivity contribution is -0.118. The maximum atomic E-state index is 13.3. The topological polar surface area (TPSA) is 30.2 Å². The van der Waals surface area contributed by atoms with E-state index in [-0.39, 0.29) is 17.2 Å². The number of Topliss-reactive ketones (excluding diaryl/α,β-unsaturated/α-hetero) is 1. The number of hydrogen-bond donors (Lipinski definition) is 0. The fourth-order valence-corrected chi connectivity index (χ4v) is 1.64. The second-order valence-electron chi connectivity index (χ2n) is 3.76. The summed E-state index contributed by atoms with van der Waals surface area (Å²) in [4.78, 5) is 11.2. The summed E-state index contributed by atoms with van der Waals surface area (Å²) < 4.78 is 18.7. The Morgan fingerprint density at radius 2 is 2.25 bits per heavy atom. The van der Waals surface area contributed by atoms with Gasteiger partial charge in [-0.15, -0.1) is 0 Å². The van der Waals surface area contributed by atoms with Gasteiger partial charge < -0.3 is 4.42 Å². The Labute approximate surface area is 93.1 Å². The molecule has 0 N–H and O–H groups in total. The van der Waals surface area contributed by atoms with Crippen molar-refractivity contribution in [1.82, 2.24) is 0 Å². The Morgan fingerprint density at radius 3 is 2.94 bits per heavy atom. The molecule has 0 saturated carbocycles. The molecule has 0 radical (unpaired) electrons. The van der Waals surface area contributed by atoms with Crippen LogP contribution in [0, 0.1) is 5.82 Å². The fraction of sp³-hybridized carbons (Fsp3) is 0.308. The number of aryl methyl sites for hydroxylation is 1. The molecule has 0 aliphatic rings. The number of hydrogen-bond acceptors (Lipinski definition) is 2. The first-order valence-corrected chi connectivity index (χ1v) is 5.39. The highest BCUT2D eigenvalue weighted by molar-refractivity contribution is 5.80. The minimum atomic E-state index is -0.356. The standard InChI is InChI=1S/C13H13FO2/c1-2-10(15)6-7-11-8-9-4-3-5-12(14)13(9)16-11/h3-5,8H,2,6-7H2,1H3. The lowest BCUT2D eigenvalue weighted by Crippen LogP contribution is -1.96. The van der Waals surface area contributed by atoms with Crippen molar-refractivity contribution in [3.8, 4) is 0 Å². The number of rotatable bonds is 4. The van der Waals surface area contributed by atoms with Crippen LogP contribution in [0.5, 0.6) is 0 Å². The quantitative estimate of drug-likeness (QED) is 0.789. The van der Waals surface area contributed by atoms with Gasteiger partial charge in [0, 0.05) is 24.6 Å². The molecule has 1 aromatic heterocycles. The number of ketones is 1. The molecule has 0 aliphatic heterocycles. The molecule has 0 bridgehead atoms. The fourth-order valence-electron chi connectivity index (χ4n) is 1.64. The molecule has 0 saturated heterocycles. The van der Waals surface area contributed by atoms with Crippen LogP contribution in [0.25, 0.3) is 11.0 Å². The second-order valence-corrected chi connectivity index (χ2v) is 3.76. The Balaban J connectivity index is 2.20. The molecule has 0 spiro atoms. The van der Waals surface area contributed by atoms with Gasteiger partial charge in [-0.3, -0.25) is 4.79 Å². The van der Waals surface area contributed by atoms with Gasteiger partial charge in [-0.05, 0) is 12.1 Å². The van der Waals surface area contributed by atoms with Crippen LogP contribution >= 0.6 is 0 Å². The zero-order chi connectivity index (χ0) is 11.5. The Bertz CT molecular complexity index is 514. The van der Waals surface area contributed by atoms with Gasteiger partial charge in [0.2, 0.25) is 0 Å². The third-order valence-corrected chi connectivity index (χ3v) is 2.59. The first kappa shape index (κ1) is 10.9. The molecular weight excluding hydrogens is 207 g/mol. The van der Waals surface area contributed by atoms with Crippen molar-refractivity contribution < 1.29 is 13.6 Å². The van der Waals surface area contributed by atoms with E-state index >= 15 is 0 Å². The molecule has 0 atom stereocenters. The van der Waals surface area contributed by atoms with Gasteiger partial charge in [0.1, 0.15) is 11.5 Å². The van der Waals surface area contributed by atoms with Crippen LogP contribution in [0.1, 0.15) is 25.5 Å². The lowest BCUT2D eigenvalue weighted by Gasteiger charge is -1.94. The van der Waals surface area contributed by atoms with E-state index in [4.69, 9.17) is 4.42 Å². The maximum absolute atomic E-state index is 13.3. The van der Waals surface area contributed by atoms with Gasteiger partial charge in [-0.25, -0.2) is 4.39 Å². The zero-order valence-corrected chi connectivity index (χ0v) is 9.13. The van der Waals surface area contributed by atoms with Crippen LogP contribution in [0.3, 0.4) is 0 Å². The van der Waals surface area contributed by atoms with E-state index in [9.17, 15) is 9.18 Å². The van der Waals surface area contributed by atoms with Crippen LogP contribution in [0.15, 0.2) is 28.7 Å². The van der Waals surface area contributed by atoms with Gasteiger partial charge in [-0.1, -0.05) is 19.1 Å². The van der Waals surface area contributed by atoms with Gasteiger partial charge in [0.05, 0.1) is 0 Å². The van der Waals surface area contributed by atoms with Gasteiger partial charge in [0.25, 0.3) is 0 Å². The summed E-state index contributed by atoms with van der Waals surface area (Å²) in [6.45, 7) is 1.83. The molecule has 3 heteroatoms. The third kappa shape index (κ3) is 2.13. The number of carbonyl (C=O) groups excluding carboxylic acids is 1. The summed E-state index contributed by atoms with van der Waals surface area (Å²) in [5.41, 5.74) is 0.279. The lowest BCUT2D eigenvalue weighted by atomic mass is 10.1. The van der Waals surface area contributed by atoms with E-state index in [1.54, 1.807) is 18.2 Å². The summed E-state index contributed by atoms with van der Waals surface area (Å²) in [7, 11) is 0. The highest BCUT2D eigenvalue weighted by Gasteiger charge is 2.08. The third-order valence-electron chi connectivity index (χ3n) is 2.59. The molecule has 0 amide bonds. The number of furan rings is 1. The largest absolute Gasteiger partial charge is 0.458 e. The van der Waals surface area contributed by atoms with E-state index < -0.39 is 0 Å². The highest BCUT2D eigenvalue weighted by atomic mass is 19.1. The van der Waals surface area contributed by atoms with Crippen LogP contribution in [-0.2, 0) is 11.2 Å². The number of fused-ring (bicyclic) bond motifs is 1. The van der Waals surface area contributed by atoms with Crippen molar-refractivity contribution in [2.75, 3.05) is 0 Å². The van der Waals surface area contributed by atoms with Crippen LogP contribution in [0.4, 0.5) is 4.39 Å². The van der Waals surface area contributed by atoms with E-state index in [1.807, 2.05) is 6.92 Å². The van der Waals surface area contributed by atoms with Crippen molar-refractivity contribution in [1.29, 1.82) is 0 Å². The average Bonchev–Trinajstić information content (AvgIpc) is 2.70. The molecule has 0 unspecified atom stereocenters. The second kappa shape index (κ2) is 4.47. The smallest absolute Gasteiger partial charge is 0.169 e. The normalized spacial score (nSPS) is 10.9. The number of halogens is 1. The first-order valence-electron chi connectivity index (χ1n) is 5.39. The van der Waals surface area contributed by atoms with Crippen LogP contribution < -0.4 is 0 Å². The van der Waals surface area contributed by atoms with Crippen molar-refractivity contribution in [3.63, 3.8) is 0 Å². The van der Waals surface area contributed by atoms with Gasteiger partial charge in [0.15, 0.2) is 11.4 Å². The predicted molar refractivity (Wildman–Crippen MR) is 59.8 cm³/mol. The number of benzene rings is 1. The maximum Gasteiger partial charge on any atom is 0.169 e. The Hall–Kier alpha value is -1.64. The van der Waals surface area contributed by atoms with Crippen molar-refractivity contribution in [2.24, 2.45) is 0 Å². The van der Waals surface area contributed by atoms with Crippen molar-refractivity contribution in [2.45, 2.75) is 26.2 Å². The molecule has 1 heterocycles. The molecule has 0 fully saturated rings. The number of para-hydroxylation sites is 1.